The molecule has 0 aliphatic heterocycles. The number of hydrogen-bond acceptors (Lipinski definition) is 25. The number of carbonyl (C=O) groups excluding carboxylic acids is 13. The first-order valence-corrected chi connectivity index (χ1v) is 46.0. The molecule has 714 valence electrons. The highest BCUT2D eigenvalue weighted by Crippen LogP contribution is 2.69. The van der Waals surface area contributed by atoms with E-state index in [2.05, 4.69) is 84.4 Å². The molecule has 0 unspecified atom stereocenters. The summed E-state index contributed by atoms with van der Waals surface area (Å²) in [5, 5.41) is 58.9. The van der Waals surface area contributed by atoms with Crippen molar-refractivity contribution in [3.05, 3.63) is 108 Å². The van der Waals surface area contributed by atoms with Gasteiger partial charge in [0.15, 0.2) is 0 Å². The lowest BCUT2D eigenvalue weighted by Gasteiger charge is -2.38. The van der Waals surface area contributed by atoms with Crippen molar-refractivity contribution in [1.29, 1.82) is 0 Å². The number of nitrogens with zero attached hydrogens (tertiary/aromatic N) is 4. The smallest absolute Gasteiger partial charge is 0.407 e. The van der Waals surface area contributed by atoms with Gasteiger partial charge in [-0.1, -0.05) is 60.9 Å². The number of carboxylic acid groups (broad SMARTS) is 1. The molecule has 0 spiro atoms. The first-order chi connectivity index (χ1) is 61.6. The van der Waals surface area contributed by atoms with Gasteiger partial charge in [-0.2, -0.15) is 0 Å². The molecule has 2 heterocycles. The number of alkyl carbamates (subject to hydrolysis) is 1. The Labute approximate surface area is 746 Å². The molecule has 47 heteroatoms. The lowest BCUT2D eigenvalue weighted by Crippen LogP contribution is -2.63. The van der Waals surface area contributed by atoms with Crippen LogP contribution in [0.1, 0.15) is 170 Å². The van der Waals surface area contributed by atoms with Crippen molar-refractivity contribution < 1.29 is 130 Å². The predicted molar refractivity (Wildman–Crippen MR) is 466 cm³/mol. The molecule has 0 bridgehead atoms. The van der Waals surface area contributed by atoms with Crippen molar-refractivity contribution in [3.63, 3.8) is 0 Å². The molecule has 1 fully saturated rings. The number of rotatable bonds is 65. The number of carbonyl (C=O) groups is 14. The zero-order chi connectivity index (χ0) is 94.3. The third-order valence-electron chi connectivity index (χ3n) is 19.9. The number of anilines is 2. The van der Waals surface area contributed by atoms with Gasteiger partial charge in [0.25, 0.3) is 5.08 Å². The van der Waals surface area contributed by atoms with Crippen LogP contribution in [-0.4, -0.2) is 260 Å². The van der Waals surface area contributed by atoms with Gasteiger partial charge in [-0.15, -0.1) is 5.10 Å². The maximum Gasteiger partial charge on any atom is 0.407 e. The normalized spacial score (nSPS) is 13.2. The number of nitrogens with one attached hydrogen (secondary N) is 13. The second-order valence-corrected chi connectivity index (χ2v) is 34.3. The third-order valence-corrected chi connectivity index (χ3v) is 23.8. The molecule has 1 aliphatic carbocycles. The molecule has 2 aromatic heterocycles. The van der Waals surface area contributed by atoms with E-state index in [0.717, 1.165) is 17.5 Å². The lowest BCUT2D eigenvalue weighted by atomic mass is 9.80. The Hall–Kier alpha value is -11.2. The van der Waals surface area contributed by atoms with E-state index in [4.69, 9.17) is 29.4 Å². The fourth-order valence-corrected chi connectivity index (χ4v) is 15.1. The SMILES string of the molecule is Cc1ccccc1NC(=O)Nc1ccc(CC(=O)N[C@@H](CCCCNC(=O)/C=C/c2cccnc2)C(=O)N[C@@H](CCCC(=O)O)C(=O)NC2(C(=O)NCCOCCOCCNC(=O)CCC(=O)NCCOCCOCCNC(=O)CCC(=O)N[C@@H](CCCCNC(=O)CCCCn3cc(COC(=O)NCCCC(O)(P(=O)(O)O)P(=O)(O)O)nn3)C(N)=O)CCCCC2)cc1. The van der Waals surface area contributed by atoms with Crippen LogP contribution in [0.3, 0.4) is 0 Å². The largest absolute Gasteiger partial charge is 0.481 e. The fraction of sp³-hybridized carbons (Fsp3) is 0.573. The summed E-state index contributed by atoms with van der Waals surface area (Å²) >= 11 is 0. The highest BCUT2D eigenvalue weighted by molar-refractivity contribution is 7.72. The summed E-state index contributed by atoms with van der Waals surface area (Å²) in [6.45, 7) is 3.82. The van der Waals surface area contributed by atoms with Crippen molar-refractivity contribution in [3.8, 4) is 0 Å². The average Bonchev–Trinajstić information content (AvgIpc) is 0.906. The third kappa shape index (κ3) is 45.0. The summed E-state index contributed by atoms with van der Waals surface area (Å²) < 4.78 is 51.5. The van der Waals surface area contributed by atoms with Crippen LogP contribution >= 0.6 is 15.2 Å². The van der Waals surface area contributed by atoms with Crippen LogP contribution in [0.15, 0.2) is 85.3 Å². The Kier molecular flexibility index (Phi) is 50.2. The number of primary amides is 1. The molecule has 45 nitrogen and oxygen atoms in total. The lowest BCUT2D eigenvalue weighted by molar-refractivity contribution is -0.138. The minimum Gasteiger partial charge on any atom is -0.481 e. The fourth-order valence-electron chi connectivity index (χ4n) is 12.8. The Balaban J connectivity index is 0.871. The number of amides is 14. The van der Waals surface area contributed by atoms with Crippen molar-refractivity contribution in [2.75, 3.05) is 109 Å². The molecule has 5 rings (SSSR count). The molecule has 21 N–H and O–H groups in total. The minimum atomic E-state index is -5.63. The van der Waals surface area contributed by atoms with E-state index in [9.17, 15) is 106 Å². The van der Waals surface area contributed by atoms with Gasteiger partial charge in [-0.05, 0) is 137 Å². The molecule has 1 saturated carbocycles. The molecule has 1 aliphatic rings. The van der Waals surface area contributed by atoms with E-state index >= 15 is 0 Å². The van der Waals surface area contributed by atoms with Crippen LogP contribution in [0.25, 0.3) is 6.08 Å². The number of aliphatic carboxylic acids is 1. The Morgan fingerprint density at radius 1 is 0.550 bits per heavy atom. The number of para-hydroxylation sites is 1. The van der Waals surface area contributed by atoms with Crippen LogP contribution in [0.5, 0.6) is 0 Å². The number of unbranched alkanes of at least 4 members (excludes halogenated alkanes) is 3. The summed E-state index contributed by atoms with van der Waals surface area (Å²) in [5.74, 6) is -6.64. The Bertz CT molecular complexity index is 4340. The van der Waals surface area contributed by atoms with E-state index in [1.807, 2.05) is 19.1 Å². The quantitative estimate of drug-likeness (QED) is 0.0169. The van der Waals surface area contributed by atoms with Gasteiger partial charge < -0.3 is 128 Å². The molecule has 0 saturated heterocycles. The van der Waals surface area contributed by atoms with Crippen molar-refractivity contribution in [2.24, 2.45) is 5.73 Å². The number of benzene rings is 2. The summed E-state index contributed by atoms with van der Waals surface area (Å²) in [7, 11) is -11.3. The predicted octanol–water partition coefficient (Wildman–Crippen LogP) is 1.44. The van der Waals surface area contributed by atoms with Crippen LogP contribution in [-0.2, 0) is 110 Å². The highest BCUT2D eigenvalue weighted by atomic mass is 31.2. The van der Waals surface area contributed by atoms with Crippen molar-refractivity contribution in [2.45, 2.75) is 203 Å². The average molecular weight is 1860 g/mol. The first-order valence-electron chi connectivity index (χ1n) is 42.7. The second-order valence-electron chi connectivity index (χ2n) is 30.3. The number of aromatic nitrogens is 4. The van der Waals surface area contributed by atoms with E-state index in [1.165, 1.54) is 17.0 Å². The Morgan fingerprint density at radius 2 is 1.09 bits per heavy atom. The zero-order valence-electron chi connectivity index (χ0n) is 72.4. The molecule has 4 aromatic rings. The number of carboxylic acids is 1. The van der Waals surface area contributed by atoms with Crippen LogP contribution in [0.2, 0.25) is 0 Å². The van der Waals surface area contributed by atoms with Gasteiger partial charge in [0, 0.05) is 127 Å². The van der Waals surface area contributed by atoms with Gasteiger partial charge >= 0.3 is 33.3 Å². The van der Waals surface area contributed by atoms with Crippen LogP contribution in [0.4, 0.5) is 21.0 Å². The summed E-state index contributed by atoms with van der Waals surface area (Å²) in [4.78, 5) is 221. The summed E-state index contributed by atoms with van der Waals surface area (Å²) in [5.41, 5.74) is 7.64. The van der Waals surface area contributed by atoms with Crippen LogP contribution < -0.4 is 74.9 Å². The number of urea groups is 1. The maximum absolute atomic E-state index is 14.4. The Morgan fingerprint density at radius 3 is 1.67 bits per heavy atom. The summed E-state index contributed by atoms with van der Waals surface area (Å²) in [6.07, 6.45) is 9.82. The first kappa shape index (κ1) is 108. The number of hydrogen-bond donors (Lipinski definition) is 20. The number of ether oxygens (including phenoxy) is 5. The molecule has 0 radical (unpaired) electrons. The van der Waals surface area contributed by atoms with E-state index in [0.29, 0.717) is 81.4 Å². The molecule has 14 amide bonds. The summed E-state index contributed by atoms with van der Waals surface area (Å²) in [6, 6.07) is 13.4. The van der Waals surface area contributed by atoms with Crippen molar-refractivity contribution >= 4 is 116 Å². The van der Waals surface area contributed by atoms with E-state index in [1.54, 1.807) is 67.0 Å². The highest BCUT2D eigenvalue weighted by Gasteiger charge is 2.58. The molecule has 3 atom stereocenters. The standard InChI is InChI=1S/C82H124N18O27P2/c1-58-16-3-4-18-63(58)96-79(114)92-61-27-24-59(25-28-61)54-73(107)94-65(20-6-11-39-86-68(102)29-26-60-17-14-37-84-55-60)76(111)95-66(21-13-23-74(108)109)77(112)97-81(34-8-2-9-35-81)78(113)90-44-49-126-53-52-125-47-42-88-70(104)31-30-69(103)87-41-46-123-50-51-124-48-43-89-71(105)32-33-72(106)93-64(75(83)110)19-5-10-38-85-67(101)22-7-12-45-100-56-62(98-99-100)57-127-80(115)91-40-15-36-82(116,128(117,118)119)129(120,121)122/h3-4,14,16-18,24-29,37,55-56,64-66,116H,2,5-13,15,19-23,30-36,38-54,57H2,1H3,(H2,83,110)(H,85,101)(H,86,102)(H,87,103)(H,88,104)(H,89,105)(H,90,113)(H,91,115)(H,93,106)(H,94,107)(H,95,111)(H,97,112)(H,108,109)(H2,92,96,114)(H2,117,118,119)(H2,120,121,122)/b29-26+/t64-,65-,66-/m0/s1. The minimum absolute atomic E-state index is 0.0187. The zero-order valence-corrected chi connectivity index (χ0v) is 74.2. The molecule has 2 aromatic carbocycles. The van der Waals surface area contributed by atoms with E-state index < -0.39 is 116 Å². The maximum atomic E-state index is 14.4. The van der Waals surface area contributed by atoms with Gasteiger partial charge in [-0.3, -0.25) is 76.3 Å². The number of aryl methyl sites for hydroxylation is 2. The second kappa shape index (κ2) is 59.8. The number of nitrogens with two attached hydrogens (primary N) is 1. The van der Waals surface area contributed by atoms with Gasteiger partial charge in [0.2, 0.25) is 65.0 Å². The van der Waals surface area contributed by atoms with Crippen molar-refractivity contribution in [1.82, 2.24) is 78.5 Å². The van der Waals surface area contributed by atoms with Gasteiger partial charge in [-0.25, -0.2) is 9.59 Å². The molecular formula is C82H124N18O27P2. The molecular weight excluding hydrogens is 1730 g/mol. The van der Waals surface area contributed by atoms with Gasteiger partial charge in [0.05, 0.1) is 65.5 Å². The topological polar surface area (TPSA) is 667 Å². The van der Waals surface area contributed by atoms with Gasteiger partial charge in [0.1, 0.15) is 36.0 Å². The number of aliphatic hydroxyl groups is 1. The monoisotopic (exact) mass is 1850 g/mol. The van der Waals surface area contributed by atoms with Crippen LogP contribution in [0, 0.1) is 6.92 Å². The number of pyridine rings is 1. The molecule has 129 heavy (non-hydrogen) atoms. The van der Waals surface area contributed by atoms with E-state index in [-0.39, 0.29) is 212 Å².